The van der Waals surface area contributed by atoms with Gasteiger partial charge in [-0.05, 0) is 74.9 Å². The number of amides is 1. The van der Waals surface area contributed by atoms with Crippen molar-refractivity contribution in [3.8, 4) is 5.75 Å². The number of nitrogens with zero attached hydrogens (tertiary/aromatic N) is 1. The van der Waals surface area contributed by atoms with Crippen molar-refractivity contribution in [1.82, 2.24) is 9.62 Å². The molecule has 1 N–H and O–H groups in total. The first-order valence-electron chi connectivity index (χ1n) is 10.5. The summed E-state index contributed by atoms with van der Waals surface area (Å²) in [6.07, 6.45) is 3.06. The second kappa shape index (κ2) is 10.5. The van der Waals surface area contributed by atoms with E-state index in [4.69, 9.17) is 4.74 Å². The van der Waals surface area contributed by atoms with Gasteiger partial charge in [0.15, 0.2) is 0 Å². The molecule has 0 saturated carbocycles. The number of ether oxygens (including phenoxy) is 1. The third-order valence-electron chi connectivity index (χ3n) is 5.57. The number of rotatable bonds is 8. The van der Waals surface area contributed by atoms with E-state index < -0.39 is 10.0 Å². The first-order valence-corrected chi connectivity index (χ1v) is 13.2. The molecule has 1 unspecified atom stereocenters. The summed E-state index contributed by atoms with van der Waals surface area (Å²) in [5.41, 5.74) is 1.06. The van der Waals surface area contributed by atoms with Gasteiger partial charge in [-0.15, -0.1) is 11.8 Å². The van der Waals surface area contributed by atoms with E-state index >= 15 is 0 Å². The molecule has 0 aromatic heterocycles. The number of carbonyl (C=O) groups is 1. The number of hydrogen-bond acceptors (Lipinski definition) is 5. The Morgan fingerprint density at radius 2 is 1.74 bits per heavy atom. The van der Waals surface area contributed by atoms with Gasteiger partial charge in [0, 0.05) is 23.9 Å². The monoisotopic (exact) mass is 462 g/mol. The number of sulfonamides is 1. The van der Waals surface area contributed by atoms with E-state index in [1.807, 2.05) is 44.4 Å². The van der Waals surface area contributed by atoms with Gasteiger partial charge in [-0.2, -0.15) is 4.31 Å². The minimum absolute atomic E-state index is 0.0143. The molecule has 0 bridgehead atoms. The second-order valence-electron chi connectivity index (χ2n) is 7.59. The molecule has 1 aliphatic rings. The molecule has 2 aromatic carbocycles. The summed E-state index contributed by atoms with van der Waals surface area (Å²) in [6, 6.07) is 14.6. The third kappa shape index (κ3) is 5.81. The molecule has 0 radical (unpaired) electrons. The molecular weight excluding hydrogens is 432 g/mol. The highest BCUT2D eigenvalue weighted by Crippen LogP contribution is 2.26. The van der Waals surface area contributed by atoms with Crippen LogP contribution in [0.4, 0.5) is 0 Å². The average Bonchev–Trinajstić information content (AvgIpc) is 2.79. The third-order valence-corrected chi connectivity index (χ3v) is 8.23. The normalized spacial score (nSPS) is 16.6. The maximum absolute atomic E-state index is 12.9. The molecule has 1 amide bonds. The minimum atomic E-state index is -3.57. The lowest BCUT2D eigenvalue weighted by molar-refractivity contribution is -0.126. The van der Waals surface area contributed by atoms with Gasteiger partial charge in [0.25, 0.3) is 0 Å². The number of nitrogens with one attached hydrogen (secondary N) is 1. The minimum Gasteiger partial charge on any atom is -0.494 e. The Labute approximate surface area is 189 Å². The quantitative estimate of drug-likeness (QED) is 0.598. The Morgan fingerprint density at radius 1 is 1.13 bits per heavy atom. The molecular formula is C23H30N2O4S2. The van der Waals surface area contributed by atoms with E-state index in [1.54, 1.807) is 36.0 Å². The zero-order chi connectivity index (χ0) is 22.4. The Morgan fingerprint density at radius 3 is 2.29 bits per heavy atom. The standard InChI is InChI=1S/C23H30N2O4S2/c1-4-29-20-7-11-22(12-8-20)31(27,28)25-15-13-19(14-16-25)23(26)24-17(2)18-5-9-21(30-3)10-6-18/h5-12,17,19H,4,13-16H2,1-3H3,(H,24,26). The molecule has 168 valence electrons. The van der Waals surface area contributed by atoms with Crippen LogP contribution >= 0.6 is 11.8 Å². The number of hydrogen-bond donors (Lipinski definition) is 1. The fourth-order valence-corrected chi connectivity index (χ4v) is 5.57. The lowest BCUT2D eigenvalue weighted by Crippen LogP contribution is -2.43. The van der Waals surface area contributed by atoms with Crippen LogP contribution in [0, 0.1) is 5.92 Å². The summed E-state index contributed by atoms with van der Waals surface area (Å²) in [5, 5.41) is 3.08. The Kier molecular flexibility index (Phi) is 8.02. The fourth-order valence-electron chi connectivity index (χ4n) is 3.69. The Hall–Kier alpha value is -2.03. The van der Waals surface area contributed by atoms with Crippen LogP contribution in [0.15, 0.2) is 58.3 Å². The maximum atomic E-state index is 12.9. The highest BCUT2D eigenvalue weighted by molar-refractivity contribution is 7.98. The van der Waals surface area contributed by atoms with Gasteiger partial charge in [0.2, 0.25) is 15.9 Å². The van der Waals surface area contributed by atoms with Crippen molar-refractivity contribution >= 4 is 27.7 Å². The lowest BCUT2D eigenvalue weighted by Gasteiger charge is -2.31. The van der Waals surface area contributed by atoms with Crippen molar-refractivity contribution in [1.29, 1.82) is 0 Å². The number of carbonyl (C=O) groups excluding carboxylic acids is 1. The van der Waals surface area contributed by atoms with Crippen LogP contribution in [0.3, 0.4) is 0 Å². The van der Waals surface area contributed by atoms with Crippen molar-refractivity contribution in [2.24, 2.45) is 5.92 Å². The van der Waals surface area contributed by atoms with E-state index in [0.717, 1.165) is 5.56 Å². The van der Waals surface area contributed by atoms with Crippen LogP contribution < -0.4 is 10.1 Å². The average molecular weight is 463 g/mol. The first kappa shape index (κ1) is 23.6. The highest BCUT2D eigenvalue weighted by atomic mass is 32.2. The van der Waals surface area contributed by atoms with E-state index in [9.17, 15) is 13.2 Å². The smallest absolute Gasteiger partial charge is 0.243 e. The zero-order valence-electron chi connectivity index (χ0n) is 18.2. The maximum Gasteiger partial charge on any atom is 0.243 e. The summed E-state index contributed by atoms with van der Waals surface area (Å²) in [5.74, 6) is 0.452. The van der Waals surface area contributed by atoms with Crippen LogP contribution in [0.25, 0.3) is 0 Å². The molecule has 1 atom stereocenters. The summed E-state index contributed by atoms with van der Waals surface area (Å²) in [6.45, 7) is 5.06. The van der Waals surface area contributed by atoms with Crippen molar-refractivity contribution in [3.05, 3.63) is 54.1 Å². The molecule has 8 heteroatoms. The summed E-state index contributed by atoms with van der Waals surface area (Å²) in [4.78, 5) is 14.2. The van der Waals surface area contributed by atoms with Crippen LogP contribution in [0.1, 0.15) is 38.3 Å². The Balaban J connectivity index is 1.55. The van der Waals surface area contributed by atoms with Crippen molar-refractivity contribution in [3.63, 3.8) is 0 Å². The van der Waals surface area contributed by atoms with Gasteiger partial charge in [-0.3, -0.25) is 4.79 Å². The van der Waals surface area contributed by atoms with Crippen LogP contribution in [-0.4, -0.2) is 44.6 Å². The summed E-state index contributed by atoms with van der Waals surface area (Å²) >= 11 is 1.68. The van der Waals surface area contributed by atoms with Gasteiger partial charge in [0.05, 0.1) is 17.5 Å². The fraction of sp³-hybridized carbons (Fsp3) is 0.435. The molecule has 31 heavy (non-hydrogen) atoms. The molecule has 1 aliphatic heterocycles. The molecule has 6 nitrogen and oxygen atoms in total. The van der Waals surface area contributed by atoms with Gasteiger partial charge in [-0.1, -0.05) is 12.1 Å². The molecule has 1 saturated heterocycles. The Bertz CT molecular complexity index is 968. The second-order valence-corrected chi connectivity index (χ2v) is 10.4. The molecule has 0 spiro atoms. The summed E-state index contributed by atoms with van der Waals surface area (Å²) in [7, 11) is -3.57. The number of piperidine rings is 1. The van der Waals surface area contributed by atoms with Crippen molar-refractivity contribution < 1.29 is 17.9 Å². The number of thioether (sulfide) groups is 1. The molecule has 2 aromatic rings. The summed E-state index contributed by atoms with van der Waals surface area (Å²) < 4.78 is 32.7. The van der Waals surface area contributed by atoms with Gasteiger partial charge in [-0.25, -0.2) is 8.42 Å². The van der Waals surface area contributed by atoms with E-state index in [-0.39, 0.29) is 22.8 Å². The predicted molar refractivity (Wildman–Crippen MR) is 124 cm³/mol. The lowest BCUT2D eigenvalue weighted by atomic mass is 9.96. The molecule has 0 aliphatic carbocycles. The highest BCUT2D eigenvalue weighted by Gasteiger charge is 2.32. The first-order chi connectivity index (χ1) is 14.8. The van der Waals surface area contributed by atoms with E-state index in [2.05, 4.69) is 5.32 Å². The molecule has 1 heterocycles. The van der Waals surface area contributed by atoms with Gasteiger partial charge >= 0.3 is 0 Å². The van der Waals surface area contributed by atoms with Crippen molar-refractivity contribution in [2.45, 2.75) is 42.5 Å². The largest absolute Gasteiger partial charge is 0.494 e. The predicted octanol–water partition coefficient (Wildman–Crippen LogP) is 4.09. The molecule has 3 rings (SSSR count). The van der Waals surface area contributed by atoms with Gasteiger partial charge < -0.3 is 10.1 Å². The van der Waals surface area contributed by atoms with E-state index in [1.165, 1.54) is 9.20 Å². The van der Waals surface area contributed by atoms with E-state index in [0.29, 0.717) is 38.3 Å². The molecule has 1 fully saturated rings. The van der Waals surface area contributed by atoms with Crippen LogP contribution in [0.2, 0.25) is 0 Å². The SMILES string of the molecule is CCOc1ccc(S(=O)(=O)N2CCC(C(=O)NC(C)c3ccc(SC)cc3)CC2)cc1. The van der Waals surface area contributed by atoms with Crippen LogP contribution in [0.5, 0.6) is 5.75 Å². The van der Waals surface area contributed by atoms with Crippen LogP contribution in [-0.2, 0) is 14.8 Å². The zero-order valence-corrected chi connectivity index (χ0v) is 19.8. The van der Waals surface area contributed by atoms with Crippen molar-refractivity contribution in [2.75, 3.05) is 26.0 Å². The number of benzene rings is 2. The van der Waals surface area contributed by atoms with Gasteiger partial charge in [0.1, 0.15) is 5.75 Å². The topological polar surface area (TPSA) is 75.7 Å².